The SMILES string of the molecule is CCCC/C=C/CCc1ccc(OCC2(C)CO2)cc1. The van der Waals surface area contributed by atoms with Crippen molar-refractivity contribution in [1.29, 1.82) is 0 Å². The number of aryl methyl sites for hydroxylation is 1. The monoisotopic (exact) mass is 274 g/mol. The van der Waals surface area contributed by atoms with Gasteiger partial charge in [-0.3, -0.25) is 0 Å². The van der Waals surface area contributed by atoms with Gasteiger partial charge in [-0.2, -0.15) is 0 Å². The Balaban J connectivity index is 1.67. The highest BCUT2D eigenvalue weighted by Gasteiger charge is 2.40. The lowest BCUT2D eigenvalue weighted by molar-refractivity contribution is 0.202. The van der Waals surface area contributed by atoms with Crippen LogP contribution in [0.1, 0.15) is 45.1 Å². The third-order valence-corrected chi connectivity index (χ3v) is 3.60. The summed E-state index contributed by atoms with van der Waals surface area (Å²) in [6.07, 6.45) is 10.6. The van der Waals surface area contributed by atoms with Gasteiger partial charge in [0.25, 0.3) is 0 Å². The third-order valence-electron chi connectivity index (χ3n) is 3.60. The molecular formula is C18H26O2. The lowest BCUT2D eigenvalue weighted by Crippen LogP contribution is -2.16. The van der Waals surface area contributed by atoms with E-state index >= 15 is 0 Å². The molecule has 0 saturated carbocycles. The summed E-state index contributed by atoms with van der Waals surface area (Å²) < 4.78 is 11.0. The van der Waals surface area contributed by atoms with Crippen LogP contribution in [0.4, 0.5) is 0 Å². The fourth-order valence-electron chi connectivity index (χ4n) is 2.00. The molecule has 1 heterocycles. The zero-order chi connectivity index (χ0) is 14.3. The molecule has 0 aliphatic carbocycles. The molecule has 1 atom stereocenters. The average molecular weight is 274 g/mol. The fraction of sp³-hybridized carbons (Fsp3) is 0.556. The first kappa shape index (κ1) is 15.1. The topological polar surface area (TPSA) is 21.8 Å². The number of rotatable bonds is 9. The molecule has 0 spiro atoms. The van der Waals surface area contributed by atoms with Gasteiger partial charge < -0.3 is 9.47 Å². The second-order valence-corrected chi connectivity index (χ2v) is 5.82. The standard InChI is InChI=1S/C18H26O2/c1-3-4-5-6-7-8-9-16-10-12-17(13-11-16)19-14-18(2)15-20-18/h6-7,10-13H,3-5,8-9,14-15H2,1-2H3/b7-6+. The molecule has 2 heteroatoms. The summed E-state index contributed by atoms with van der Waals surface area (Å²) in [5, 5.41) is 0. The Labute approximate surface area is 122 Å². The highest BCUT2D eigenvalue weighted by Crippen LogP contribution is 2.27. The van der Waals surface area contributed by atoms with E-state index in [9.17, 15) is 0 Å². The van der Waals surface area contributed by atoms with Crippen molar-refractivity contribution in [2.75, 3.05) is 13.2 Å². The zero-order valence-electron chi connectivity index (χ0n) is 12.7. The normalized spacial score (nSPS) is 21.3. The Morgan fingerprint density at radius 3 is 2.55 bits per heavy atom. The molecule has 0 aromatic heterocycles. The minimum Gasteiger partial charge on any atom is -0.491 e. The summed E-state index contributed by atoms with van der Waals surface area (Å²) >= 11 is 0. The maximum absolute atomic E-state index is 5.72. The van der Waals surface area contributed by atoms with Crippen molar-refractivity contribution in [3.05, 3.63) is 42.0 Å². The number of benzene rings is 1. The van der Waals surface area contributed by atoms with E-state index in [-0.39, 0.29) is 5.60 Å². The van der Waals surface area contributed by atoms with Gasteiger partial charge in [-0.25, -0.2) is 0 Å². The van der Waals surface area contributed by atoms with Crippen molar-refractivity contribution in [1.82, 2.24) is 0 Å². The Kier molecular flexibility index (Phi) is 5.66. The van der Waals surface area contributed by atoms with E-state index in [1.54, 1.807) is 0 Å². The predicted octanol–water partition coefficient (Wildman–Crippen LogP) is 4.53. The molecule has 1 unspecified atom stereocenters. The van der Waals surface area contributed by atoms with Crippen molar-refractivity contribution < 1.29 is 9.47 Å². The first-order valence-corrected chi connectivity index (χ1v) is 7.72. The lowest BCUT2D eigenvalue weighted by Gasteiger charge is -2.09. The quantitative estimate of drug-likeness (QED) is 0.375. The van der Waals surface area contributed by atoms with E-state index < -0.39 is 0 Å². The maximum Gasteiger partial charge on any atom is 0.123 e. The summed E-state index contributed by atoms with van der Waals surface area (Å²) in [4.78, 5) is 0. The average Bonchev–Trinajstić information content (AvgIpc) is 3.20. The van der Waals surface area contributed by atoms with E-state index in [0.717, 1.165) is 25.2 Å². The summed E-state index contributed by atoms with van der Waals surface area (Å²) in [5.74, 6) is 0.934. The van der Waals surface area contributed by atoms with Crippen LogP contribution in [0.25, 0.3) is 0 Å². The van der Waals surface area contributed by atoms with Gasteiger partial charge in [0.1, 0.15) is 18.0 Å². The summed E-state index contributed by atoms with van der Waals surface area (Å²) in [5.41, 5.74) is 1.33. The third kappa shape index (κ3) is 5.38. The largest absolute Gasteiger partial charge is 0.491 e. The predicted molar refractivity (Wildman–Crippen MR) is 83.3 cm³/mol. The molecule has 1 saturated heterocycles. The van der Waals surface area contributed by atoms with Gasteiger partial charge in [0.05, 0.1) is 6.61 Å². The molecule has 2 nitrogen and oxygen atoms in total. The van der Waals surface area contributed by atoms with E-state index in [1.165, 1.54) is 24.8 Å². The minimum absolute atomic E-state index is 0.0397. The van der Waals surface area contributed by atoms with E-state index in [0.29, 0.717) is 6.61 Å². The second kappa shape index (κ2) is 7.49. The summed E-state index contributed by atoms with van der Waals surface area (Å²) in [7, 11) is 0. The van der Waals surface area contributed by atoms with Crippen LogP contribution >= 0.6 is 0 Å². The molecule has 1 aliphatic heterocycles. The van der Waals surface area contributed by atoms with Crippen LogP contribution in [-0.2, 0) is 11.2 Å². The van der Waals surface area contributed by atoms with Gasteiger partial charge in [-0.1, -0.05) is 44.1 Å². The Bertz CT molecular complexity index is 416. The number of allylic oxidation sites excluding steroid dienone is 2. The van der Waals surface area contributed by atoms with Gasteiger partial charge in [0.15, 0.2) is 0 Å². The highest BCUT2D eigenvalue weighted by atomic mass is 16.6. The fourth-order valence-corrected chi connectivity index (χ4v) is 2.00. The van der Waals surface area contributed by atoms with Gasteiger partial charge in [0, 0.05) is 0 Å². The smallest absolute Gasteiger partial charge is 0.123 e. The van der Waals surface area contributed by atoms with E-state index in [4.69, 9.17) is 9.47 Å². The molecule has 110 valence electrons. The van der Waals surface area contributed by atoms with Crippen LogP contribution in [0.2, 0.25) is 0 Å². The molecule has 1 aromatic rings. The molecule has 1 aliphatic rings. The molecule has 1 aromatic carbocycles. The number of ether oxygens (including phenoxy) is 2. The zero-order valence-corrected chi connectivity index (χ0v) is 12.7. The van der Waals surface area contributed by atoms with E-state index in [1.807, 2.05) is 0 Å². The van der Waals surface area contributed by atoms with Crippen LogP contribution in [0.15, 0.2) is 36.4 Å². The molecule has 2 rings (SSSR count). The molecular weight excluding hydrogens is 248 g/mol. The number of hydrogen-bond donors (Lipinski definition) is 0. The van der Waals surface area contributed by atoms with Gasteiger partial charge in [0.2, 0.25) is 0 Å². The van der Waals surface area contributed by atoms with Crippen molar-refractivity contribution in [3.63, 3.8) is 0 Å². The van der Waals surface area contributed by atoms with Crippen LogP contribution < -0.4 is 4.74 Å². The maximum atomic E-state index is 5.72. The molecule has 0 N–H and O–H groups in total. The summed E-state index contributed by atoms with van der Waals surface area (Å²) in [6.45, 7) is 5.77. The van der Waals surface area contributed by atoms with Crippen LogP contribution in [0.5, 0.6) is 5.75 Å². The number of epoxide rings is 1. The molecule has 0 radical (unpaired) electrons. The number of hydrogen-bond acceptors (Lipinski definition) is 2. The first-order chi connectivity index (χ1) is 9.72. The van der Waals surface area contributed by atoms with Crippen LogP contribution in [0.3, 0.4) is 0 Å². The van der Waals surface area contributed by atoms with Crippen molar-refractivity contribution in [3.8, 4) is 5.75 Å². The Morgan fingerprint density at radius 1 is 1.20 bits per heavy atom. The minimum atomic E-state index is -0.0397. The van der Waals surface area contributed by atoms with Crippen molar-refractivity contribution in [2.45, 2.75) is 51.6 Å². The van der Waals surface area contributed by atoms with Gasteiger partial charge >= 0.3 is 0 Å². The highest BCUT2D eigenvalue weighted by molar-refractivity contribution is 5.27. The van der Waals surface area contributed by atoms with Crippen molar-refractivity contribution in [2.24, 2.45) is 0 Å². The molecule has 0 amide bonds. The molecule has 0 bridgehead atoms. The van der Waals surface area contributed by atoms with E-state index in [2.05, 4.69) is 50.3 Å². The van der Waals surface area contributed by atoms with Gasteiger partial charge in [-0.05, 0) is 43.9 Å². The molecule has 1 fully saturated rings. The summed E-state index contributed by atoms with van der Waals surface area (Å²) in [6, 6.07) is 8.43. The number of unbranched alkanes of at least 4 members (excludes halogenated alkanes) is 2. The van der Waals surface area contributed by atoms with Gasteiger partial charge in [-0.15, -0.1) is 0 Å². The first-order valence-electron chi connectivity index (χ1n) is 7.72. The Morgan fingerprint density at radius 2 is 1.90 bits per heavy atom. The van der Waals surface area contributed by atoms with Crippen molar-refractivity contribution >= 4 is 0 Å². The Hall–Kier alpha value is -1.28. The second-order valence-electron chi connectivity index (χ2n) is 5.82. The molecule has 20 heavy (non-hydrogen) atoms. The van der Waals surface area contributed by atoms with Crippen LogP contribution in [-0.4, -0.2) is 18.8 Å². The van der Waals surface area contributed by atoms with Crippen LogP contribution in [0, 0.1) is 0 Å². The lowest BCUT2D eigenvalue weighted by atomic mass is 10.1.